The minimum Gasteiger partial charge on any atom is -0.347 e. The van der Waals surface area contributed by atoms with Gasteiger partial charge in [-0.25, -0.2) is 13.4 Å². The molecule has 1 aromatic rings. The molecule has 0 aliphatic carbocycles. The molecule has 0 unspecified atom stereocenters. The van der Waals surface area contributed by atoms with Crippen molar-refractivity contribution in [1.29, 1.82) is 0 Å². The molecular formula is C9H15N3O2S2. The predicted octanol–water partition coefficient (Wildman–Crippen LogP) is 0.227. The fourth-order valence-electron chi connectivity index (χ4n) is 1.67. The van der Waals surface area contributed by atoms with E-state index >= 15 is 0 Å². The number of sulfone groups is 1. The first-order valence-corrected chi connectivity index (χ1v) is 7.91. The maximum absolute atomic E-state index is 11.4. The summed E-state index contributed by atoms with van der Waals surface area (Å²) in [4.78, 5) is 6.40. The monoisotopic (exact) mass is 261 g/mol. The molecule has 1 aliphatic rings. The van der Waals surface area contributed by atoms with Crippen LogP contribution in [0, 0.1) is 0 Å². The van der Waals surface area contributed by atoms with Crippen molar-refractivity contribution in [3.8, 4) is 0 Å². The molecule has 0 bridgehead atoms. The third kappa shape index (κ3) is 2.72. The zero-order valence-corrected chi connectivity index (χ0v) is 10.6. The Morgan fingerprint density at radius 1 is 1.44 bits per heavy atom. The Morgan fingerprint density at radius 3 is 2.94 bits per heavy atom. The molecule has 2 N–H and O–H groups in total. The second kappa shape index (κ2) is 4.68. The summed E-state index contributed by atoms with van der Waals surface area (Å²) in [6.45, 7) is 1.74. The maximum atomic E-state index is 11.4. The first-order valence-electron chi connectivity index (χ1n) is 5.20. The van der Waals surface area contributed by atoms with Crippen molar-refractivity contribution in [3.05, 3.63) is 11.1 Å². The van der Waals surface area contributed by atoms with Crippen LogP contribution in [0.1, 0.15) is 12.1 Å². The number of nitrogens with zero attached hydrogens (tertiary/aromatic N) is 2. The number of thiazole rings is 1. The highest BCUT2D eigenvalue weighted by Crippen LogP contribution is 2.22. The molecule has 1 saturated heterocycles. The van der Waals surface area contributed by atoms with Crippen molar-refractivity contribution >= 4 is 26.3 Å². The van der Waals surface area contributed by atoms with E-state index in [-0.39, 0.29) is 5.75 Å². The quantitative estimate of drug-likeness (QED) is 0.824. The molecule has 90 valence electrons. The summed E-state index contributed by atoms with van der Waals surface area (Å²) in [7, 11) is -2.85. The van der Waals surface area contributed by atoms with Gasteiger partial charge < -0.3 is 10.6 Å². The number of hydrogen-bond acceptors (Lipinski definition) is 6. The van der Waals surface area contributed by atoms with E-state index in [1.54, 1.807) is 0 Å². The van der Waals surface area contributed by atoms with Crippen LogP contribution in [0.4, 0.5) is 5.13 Å². The zero-order chi connectivity index (χ0) is 11.6. The smallest absolute Gasteiger partial charge is 0.185 e. The van der Waals surface area contributed by atoms with Gasteiger partial charge in [-0.3, -0.25) is 0 Å². The third-order valence-corrected chi connectivity index (χ3v) is 5.24. The van der Waals surface area contributed by atoms with E-state index in [0.717, 1.165) is 17.4 Å². The van der Waals surface area contributed by atoms with Crippen molar-refractivity contribution < 1.29 is 8.42 Å². The summed E-state index contributed by atoms with van der Waals surface area (Å²) >= 11 is 1.53. The average molecular weight is 261 g/mol. The Bertz CT molecular complexity index is 455. The summed E-state index contributed by atoms with van der Waals surface area (Å²) < 4.78 is 22.9. The van der Waals surface area contributed by atoms with Gasteiger partial charge in [0.1, 0.15) is 0 Å². The molecule has 2 heterocycles. The molecular weight excluding hydrogens is 246 g/mol. The molecule has 1 aromatic heterocycles. The van der Waals surface area contributed by atoms with Gasteiger partial charge in [-0.2, -0.15) is 0 Å². The summed E-state index contributed by atoms with van der Waals surface area (Å²) in [5, 5.41) is 2.81. The van der Waals surface area contributed by atoms with Crippen LogP contribution in [-0.2, 0) is 16.4 Å². The molecule has 7 heteroatoms. The van der Waals surface area contributed by atoms with Crippen LogP contribution < -0.4 is 10.6 Å². The summed E-state index contributed by atoms with van der Waals surface area (Å²) in [6, 6.07) is 0. The van der Waals surface area contributed by atoms with E-state index in [1.807, 2.05) is 10.3 Å². The van der Waals surface area contributed by atoms with E-state index in [1.165, 1.54) is 11.3 Å². The molecule has 1 fully saturated rings. The van der Waals surface area contributed by atoms with Gasteiger partial charge in [-0.05, 0) is 6.42 Å². The average Bonchev–Trinajstić information content (AvgIpc) is 2.64. The second-order valence-corrected chi connectivity index (χ2v) is 6.96. The van der Waals surface area contributed by atoms with Crippen LogP contribution in [0.5, 0.6) is 0 Å². The Balaban J connectivity index is 2.10. The van der Waals surface area contributed by atoms with Crippen molar-refractivity contribution in [2.45, 2.75) is 13.0 Å². The summed E-state index contributed by atoms with van der Waals surface area (Å²) in [5.41, 5.74) is 6.36. The molecule has 0 radical (unpaired) electrons. The number of anilines is 1. The van der Waals surface area contributed by atoms with E-state index in [2.05, 4.69) is 4.98 Å². The van der Waals surface area contributed by atoms with Crippen LogP contribution in [0.3, 0.4) is 0 Å². The number of aromatic nitrogens is 1. The van der Waals surface area contributed by atoms with Gasteiger partial charge in [0.15, 0.2) is 15.0 Å². The lowest BCUT2D eigenvalue weighted by Gasteiger charge is -2.17. The van der Waals surface area contributed by atoms with E-state index in [0.29, 0.717) is 25.3 Å². The molecule has 2 rings (SSSR count). The number of rotatable bonds is 2. The van der Waals surface area contributed by atoms with Gasteiger partial charge in [-0.1, -0.05) is 0 Å². The van der Waals surface area contributed by atoms with Crippen LogP contribution in [0.15, 0.2) is 5.38 Å². The lowest BCUT2D eigenvalue weighted by molar-refractivity contribution is 0.597. The van der Waals surface area contributed by atoms with Crippen LogP contribution in [-0.4, -0.2) is 38.0 Å². The van der Waals surface area contributed by atoms with Crippen LogP contribution >= 0.6 is 11.3 Å². The second-order valence-electron chi connectivity index (χ2n) is 3.82. The molecule has 0 aromatic carbocycles. The lowest BCUT2D eigenvalue weighted by Crippen LogP contribution is -2.26. The normalized spacial score (nSPS) is 20.7. The Labute approximate surface area is 99.2 Å². The van der Waals surface area contributed by atoms with E-state index in [4.69, 9.17) is 5.73 Å². The molecule has 0 atom stereocenters. The van der Waals surface area contributed by atoms with Gasteiger partial charge in [0, 0.05) is 25.0 Å². The maximum Gasteiger partial charge on any atom is 0.185 e. The fourth-order valence-corrected chi connectivity index (χ4v) is 3.83. The van der Waals surface area contributed by atoms with Crippen molar-refractivity contribution in [1.82, 2.24) is 4.98 Å². The van der Waals surface area contributed by atoms with Gasteiger partial charge >= 0.3 is 0 Å². The molecule has 5 nitrogen and oxygen atoms in total. The molecule has 0 spiro atoms. The SMILES string of the molecule is NCc1csc(N2CCCS(=O)(=O)CC2)n1. The van der Waals surface area contributed by atoms with Crippen LogP contribution in [0.25, 0.3) is 0 Å². The summed E-state index contributed by atoms with van der Waals surface area (Å²) in [5.74, 6) is 0.517. The lowest BCUT2D eigenvalue weighted by atomic mass is 10.4. The van der Waals surface area contributed by atoms with Gasteiger partial charge in [-0.15, -0.1) is 11.3 Å². The van der Waals surface area contributed by atoms with E-state index in [9.17, 15) is 8.42 Å². The van der Waals surface area contributed by atoms with Crippen LogP contribution in [0.2, 0.25) is 0 Å². The first-order chi connectivity index (χ1) is 7.61. The number of hydrogen-bond donors (Lipinski definition) is 1. The molecule has 16 heavy (non-hydrogen) atoms. The van der Waals surface area contributed by atoms with Gasteiger partial charge in [0.25, 0.3) is 0 Å². The Morgan fingerprint density at radius 2 is 2.25 bits per heavy atom. The van der Waals surface area contributed by atoms with Crippen molar-refractivity contribution in [2.24, 2.45) is 5.73 Å². The van der Waals surface area contributed by atoms with Gasteiger partial charge in [0.05, 0.1) is 17.2 Å². The fraction of sp³-hybridized carbons (Fsp3) is 0.667. The van der Waals surface area contributed by atoms with Crippen molar-refractivity contribution in [2.75, 3.05) is 29.5 Å². The highest BCUT2D eigenvalue weighted by atomic mass is 32.2. The Kier molecular flexibility index (Phi) is 3.46. The Hall–Kier alpha value is -0.660. The third-order valence-electron chi connectivity index (χ3n) is 2.57. The topological polar surface area (TPSA) is 76.3 Å². The largest absolute Gasteiger partial charge is 0.347 e. The minimum absolute atomic E-state index is 0.227. The highest BCUT2D eigenvalue weighted by molar-refractivity contribution is 7.91. The zero-order valence-electron chi connectivity index (χ0n) is 8.92. The highest BCUT2D eigenvalue weighted by Gasteiger charge is 2.20. The predicted molar refractivity (Wildman–Crippen MR) is 65.5 cm³/mol. The number of nitrogens with two attached hydrogens (primary N) is 1. The molecule has 0 amide bonds. The molecule has 1 aliphatic heterocycles. The van der Waals surface area contributed by atoms with Gasteiger partial charge in [0.2, 0.25) is 0 Å². The summed E-state index contributed by atoms with van der Waals surface area (Å²) in [6.07, 6.45) is 0.680. The minimum atomic E-state index is -2.85. The standard InChI is InChI=1S/C9H15N3O2S2/c10-6-8-7-15-9(11-8)12-2-1-4-16(13,14)5-3-12/h7H,1-6,10H2. The molecule has 0 saturated carbocycles. The van der Waals surface area contributed by atoms with E-state index < -0.39 is 9.84 Å². The first kappa shape index (κ1) is 11.8. The van der Waals surface area contributed by atoms with Crippen molar-refractivity contribution in [3.63, 3.8) is 0 Å².